The normalized spacial score (nSPS) is 27.5. The molecule has 0 amide bonds. The zero-order valence-electron chi connectivity index (χ0n) is 8.87. The van der Waals surface area contributed by atoms with Crippen molar-refractivity contribution in [3.05, 3.63) is 0 Å². The van der Waals surface area contributed by atoms with Crippen LogP contribution in [0.4, 0.5) is 0 Å². The van der Waals surface area contributed by atoms with Gasteiger partial charge in [-0.05, 0) is 25.2 Å². The molecule has 2 atom stereocenters. The fourth-order valence-electron chi connectivity index (χ4n) is 1.99. The Morgan fingerprint density at radius 2 is 2.14 bits per heavy atom. The molecule has 0 saturated heterocycles. The molecule has 1 N–H and O–H groups in total. The minimum absolute atomic E-state index is 0.223. The molecule has 3 heteroatoms. The molecule has 0 radical (unpaired) electrons. The van der Waals surface area contributed by atoms with E-state index in [1.807, 2.05) is 0 Å². The number of aliphatic carboxylic acids is 1. The zero-order chi connectivity index (χ0) is 10.4. The minimum Gasteiger partial charge on any atom is -0.481 e. The third-order valence-electron chi connectivity index (χ3n) is 2.90. The van der Waals surface area contributed by atoms with Crippen molar-refractivity contribution >= 4 is 5.97 Å². The molecule has 1 aliphatic carbocycles. The Hall–Kier alpha value is -0.570. The van der Waals surface area contributed by atoms with Crippen LogP contribution in [0.1, 0.15) is 45.4 Å². The number of carbonyl (C=O) groups is 1. The third-order valence-corrected chi connectivity index (χ3v) is 2.90. The van der Waals surface area contributed by atoms with Crippen LogP contribution in [0.25, 0.3) is 0 Å². The fourth-order valence-corrected chi connectivity index (χ4v) is 1.99. The Balaban J connectivity index is 2.07. The number of hydrogen-bond acceptors (Lipinski definition) is 2. The monoisotopic (exact) mass is 200 g/mol. The number of ether oxygens (including phenoxy) is 1. The summed E-state index contributed by atoms with van der Waals surface area (Å²) in [6, 6.07) is 0. The van der Waals surface area contributed by atoms with Gasteiger partial charge in [0.05, 0.1) is 6.10 Å². The summed E-state index contributed by atoms with van der Waals surface area (Å²) in [6.07, 6.45) is 6.21. The molecular weight excluding hydrogens is 180 g/mol. The minimum atomic E-state index is -0.731. The zero-order valence-corrected chi connectivity index (χ0v) is 8.87. The predicted molar refractivity (Wildman–Crippen MR) is 54.2 cm³/mol. The summed E-state index contributed by atoms with van der Waals surface area (Å²) in [6.45, 7) is 2.82. The van der Waals surface area contributed by atoms with E-state index in [1.54, 1.807) is 0 Å². The van der Waals surface area contributed by atoms with Crippen molar-refractivity contribution in [1.29, 1.82) is 0 Å². The first-order valence-corrected chi connectivity index (χ1v) is 5.53. The van der Waals surface area contributed by atoms with Crippen molar-refractivity contribution in [2.75, 3.05) is 6.61 Å². The van der Waals surface area contributed by atoms with Crippen LogP contribution >= 0.6 is 0 Å². The maximum Gasteiger partial charge on any atom is 0.303 e. The van der Waals surface area contributed by atoms with Gasteiger partial charge in [-0.1, -0.05) is 19.8 Å². The van der Waals surface area contributed by atoms with Crippen LogP contribution in [0.15, 0.2) is 0 Å². The van der Waals surface area contributed by atoms with Gasteiger partial charge in [0.15, 0.2) is 0 Å². The topological polar surface area (TPSA) is 46.5 Å². The fraction of sp³-hybridized carbons (Fsp3) is 0.909. The summed E-state index contributed by atoms with van der Waals surface area (Å²) in [4.78, 5) is 10.3. The maximum atomic E-state index is 10.3. The second-order valence-electron chi connectivity index (χ2n) is 4.17. The van der Waals surface area contributed by atoms with Gasteiger partial charge in [0.1, 0.15) is 0 Å². The van der Waals surface area contributed by atoms with Crippen molar-refractivity contribution in [3.63, 3.8) is 0 Å². The second kappa shape index (κ2) is 6.02. The van der Waals surface area contributed by atoms with Crippen LogP contribution in [-0.2, 0) is 9.53 Å². The lowest BCUT2D eigenvalue weighted by atomic mass is 9.88. The van der Waals surface area contributed by atoms with Gasteiger partial charge in [0, 0.05) is 13.0 Å². The van der Waals surface area contributed by atoms with E-state index in [0.717, 1.165) is 6.42 Å². The highest BCUT2D eigenvalue weighted by Crippen LogP contribution is 2.26. The first-order valence-electron chi connectivity index (χ1n) is 5.53. The Kier molecular flexibility index (Phi) is 4.94. The van der Waals surface area contributed by atoms with Crippen molar-refractivity contribution < 1.29 is 14.6 Å². The molecular formula is C11H20O3. The lowest BCUT2D eigenvalue weighted by molar-refractivity contribution is -0.137. The Morgan fingerprint density at radius 1 is 1.43 bits per heavy atom. The van der Waals surface area contributed by atoms with Gasteiger partial charge >= 0.3 is 5.97 Å². The Labute approximate surface area is 85.5 Å². The molecule has 2 unspecified atom stereocenters. The number of carboxylic acids is 1. The quantitative estimate of drug-likeness (QED) is 0.693. The first-order chi connectivity index (χ1) is 6.70. The van der Waals surface area contributed by atoms with Crippen LogP contribution in [0.3, 0.4) is 0 Å². The molecule has 14 heavy (non-hydrogen) atoms. The molecule has 0 aromatic rings. The highest BCUT2D eigenvalue weighted by molar-refractivity contribution is 5.66. The van der Waals surface area contributed by atoms with Crippen molar-refractivity contribution in [1.82, 2.24) is 0 Å². The molecule has 0 spiro atoms. The van der Waals surface area contributed by atoms with Crippen molar-refractivity contribution in [2.24, 2.45) is 5.92 Å². The van der Waals surface area contributed by atoms with Crippen LogP contribution in [-0.4, -0.2) is 23.8 Å². The SMILES string of the molecule is CC1CCCCC1OCCCC(=O)O. The van der Waals surface area contributed by atoms with Gasteiger partial charge in [0.25, 0.3) is 0 Å². The van der Waals surface area contributed by atoms with E-state index in [0.29, 0.717) is 25.0 Å². The molecule has 3 nitrogen and oxygen atoms in total. The smallest absolute Gasteiger partial charge is 0.303 e. The van der Waals surface area contributed by atoms with Crippen molar-refractivity contribution in [3.8, 4) is 0 Å². The molecule has 0 bridgehead atoms. The summed E-state index contributed by atoms with van der Waals surface area (Å²) in [7, 11) is 0. The molecule has 1 saturated carbocycles. The van der Waals surface area contributed by atoms with E-state index in [4.69, 9.17) is 9.84 Å². The molecule has 1 rings (SSSR count). The van der Waals surface area contributed by atoms with Crippen molar-refractivity contribution in [2.45, 2.75) is 51.6 Å². The highest BCUT2D eigenvalue weighted by Gasteiger charge is 2.21. The lowest BCUT2D eigenvalue weighted by Crippen LogP contribution is -2.26. The number of carboxylic acid groups (broad SMARTS) is 1. The van der Waals surface area contributed by atoms with Crippen LogP contribution in [0, 0.1) is 5.92 Å². The third kappa shape index (κ3) is 4.09. The standard InChI is InChI=1S/C11H20O3/c1-9-5-2-3-6-10(9)14-8-4-7-11(12)13/h9-10H,2-8H2,1H3,(H,12,13). The van der Waals surface area contributed by atoms with E-state index in [9.17, 15) is 4.79 Å². The average molecular weight is 200 g/mol. The highest BCUT2D eigenvalue weighted by atomic mass is 16.5. The van der Waals surface area contributed by atoms with Crippen LogP contribution < -0.4 is 0 Å². The Bertz CT molecular complexity index is 179. The molecule has 82 valence electrons. The number of hydrogen-bond donors (Lipinski definition) is 1. The van der Waals surface area contributed by atoms with Gasteiger partial charge < -0.3 is 9.84 Å². The van der Waals surface area contributed by atoms with Crippen LogP contribution in [0.2, 0.25) is 0 Å². The first kappa shape index (κ1) is 11.5. The summed E-state index contributed by atoms with van der Waals surface area (Å²) in [5.74, 6) is -0.0844. The van der Waals surface area contributed by atoms with Gasteiger partial charge in [-0.3, -0.25) is 4.79 Å². The molecule has 1 fully saturated rings. The summed E-state index contributed by atoms with van der Waals surface area (Å²) in [5.41, 5.74) is 0. The molecule has 0 aliphatic heterocycles. The predicted octanol–water partition coefficient (Wildman–Crippen LogP) is 2.45. The second-order valence-corrected chi connectivity index (χ2v) is 4.17. The van der Waals surface area contributed by atoms with E-state index in [1.165, 1.54) is 19.3 Å². The van der Waals surface area contributed by atoms with E-state index >= 15 is 0 Å². The largest absolute Gasteiger partial charge is 0.481 e. The maximum absolute atomic E-state index is 10.3. The summed E-state index contributed by atoms with van der Waals surface area (Å²) < 4.78 is 5.68. The summed E-state index contributed by atoms with van der Waals surface area (Å²) >= 11 is 0. The summed E-state index contributed by atoms with van der Waals surface area (Å²) in [5, 5.41) is 8.45. The lowest BCUT2D eigenvalue weighted by Gasteiger charge is -2.28. The molecule has 0 aromatic carbocycles. The van der Waals surface area contributed by atoms with Gasteiger partial charge in [-0.15, -0.1) is 0 Å². The van der Waals surface area contributed by atoms with Gasteiger partial charge in [-0.25, -0.2) is 0 Å². The van der Waals surface area contributed by atoms with E-state index in [-0.39, 0.29) is 6.42 Å². The number of rotatable bonds is 5. The molecule has 0 aromatic heterocycles. The molecule has 0 heterocycles. The Morgan fingerprint density at radius 3 is 2.79 bits per heavy atom. The van der Waals surface area contributed by atoms with E-state index < -0.39 is 5.97 Å². The van der Waals surface area contributed by atoms with Crippen LogP contribution in [0.5, 0.6) is 0 Å². The van der Waals surface area contributed by atoms with E-state index in [2.05, 4.69) is 6.92 Å². The van der Waals surface area contributed by atoms with Gasteiger partial charge in [0.2, 0.25) is 0 Å². The average Bonchev–Trinajstić information content (AvgIpc) is 2.15. The molecule has 1 aliphatic rings. The van der Waals surface area contributed by atoms with Gasteiger partial charge in [-0.2, -0.15) is 0 Å².